The van der Waals surface area contributed by atoms with Gasteiger partial charge >= 0.3 is 0 Å². The van der Waals surface area contributed by atoms with Gasteiger partial charge in [0.2, 0.25) is 5.95 Å². The van der Waals surface area contributed by atoms with Gasteiger partial charge in [-0.1, -0.05) is 23.2 Å². The third-order valence-electron chi connectivity index (χ3n) is 2.37. The Morgan fingerprint density at radius 2 is 2.00 bits per heavy atom. The van der Waals surface area contributed by atoms with E-state index in [2.05, 4.69) is 20.7 Å². The predicted molar refractivity (Wildman–Crippen MR) is 74.3 cm³/mol. The van der Waals surface area contributed by atoms with Gasteiger partial charge in [-0.05, 0) is 24.6 Å². The fourth-order valence-electron chi connectivity index (χ4n) is 1.40. The smallest absolute Gasteiger partial charge is 0.239 e. The Balaban J connectivity index is 2.38. The Bertz CT molecular complexity index is 620. The summed E-state index contributed by atoms with van der Waals surface area (Å²) in [4.78, 5) is 7.88. The third kappa shape index (κ3) is 3.04. The minimum atomic E-state index is -0.381. The molecule has 0 saturated heterocycles. The lowest BCUT2D eigenvalue weighted by atomic mass is 10.2. The summed E-state index contributed by atoms with van der Waals surface area (Å²) in [6, 6.07) is 2.78. The monoisotopic (exact) mass is 301 g/mol. The maximum absolute atomic E-state index is 13.3. The molecular weight excluding hydrogens is 292 g/mol. The zero-order valence-electron chi connectivity index (χ0n) is 9.84. The number of rotatable bonds is 3. The normalized spacial score (nSPS) is 10.4. The van der Waals surface area contributed by atoms with Crippen LogP contribution in [-0.2, 0) is 0 Å². The Hall–Kier alpha value is -1.63. The van der Waals surface area contributed by atoms with Crippen molar-refractivity contribution in [1.82, 2.24) is 9.97 Å². The van der Waals surface area contributed by atoms with Crippen LogP contribution in [0.25, 0.3) is 0 Å². The molecule has 0 atom stereocenters. The number of hydrogen-bond donors (Lipinski definition) is 3. The molecule has 8 heteroatoms. The minimum absolute atomic E-state index is 0.196. The van der Waals surface area contributed by atoms with Crippen LogP contribution in [0.5, 0.6) is 0 Å². The maximum Gasteiger partial charge on any atom is 0.239 e. The second kappa shape index (κ2) is 5.56. The summed E-state index contributed by atoms with van der Waals surface area (Å²) in [5.41, 5.74) is 3.24. The standard InChI is InChI=1S/C11H10Cl2FN5/c1-5-2-9(6(12)3-8(5)14)17-10-7(13)4-16-11(18-10)19-15/h2-4H,15H2,1H3,(H2,16,17,18,19). The van der Waals surface area contributed by atoms with Gasteiger partial charge < -0.3 is 5.32 Å². The van der Waals surface area contributed by atoms with Crippen LogP contribution < -0.4 is 16.6 Å². The fraction of sp³-hybridized carbons (Fsp3) is 0.0909. The molecule has 0 aliphatic rings. The van der Waals surface area contributed by atoms with Gasteiger partial charge in [-0.25, -0.2) is 15.2 Å². The first-order valence-corrected chi connectivity index (χ1v) is 5.98. The molecule has 2 rings (SSSR count). The molecule has 1 aromatic heterocycles. The van der Waals surface area contributed by atoms with Crippen molar-refractivity contribution >= 4 is 40.7 Å². The summed E-state index contributed by atoms with van der Waals surface area (Å²) < 4.78 is 13.3. The lowest BCUT2D eigenvalue weighted by molar-refractivity contribution is 0.619. The number of hydrogen-bond acceptors (Lipinski definition) is 5. The molecule has 0 radical (unpaired) electrons. The van der Waals surface area contributed by atoms with Crippen LogP contribution in [0.15, 0.2) is 18.3 Å². The third-order valence-corrected chi connectivity index (χ3v) is 2.96. The lowest BCUT2D eigenvalue weighted by Gasteiger charge is -2.11. The predicted octanol–water partition coefficient (Wildman–Crippen LogP) is 3.26. The Kier molecular flexibility index (Phi) is 4.04. The molecule has 1 heterocycles. The Morgan fingerprint density at radius 3 is 2.68 bits per heavy atom. The lowest BCUT2D eigenvalue weighted by Crippen LogP contribution is -2.11. The number of aromatic nitrogens is 2. The molecule has 0 fully saturated rings. The van der Waals surface area contributed by atoms with Crippen LogP contribution >= 0.6 is 23.2 Å². The van der Waals surface area contributed by atoms with Gasteiger partial charge in [-0.15, -0.1) is 0 Å². The highest BCUT2D eigenvalue weighted by atomic mass is 35.5. The van der Waals surface area contributed by atoms with E-state index in [9.17, 15) is 4.39 Å². The average Bonchev–Trinajstić information content (AvgIpc) is 2.38. The highest BCUT2D eigenvalue weighted by Crippen LogP contribution is 2.30. The van der Waals surface area contributed by atoms with Gasteiger partial charge in [0, 0.05) is 0 Å². The highest BCUT2D eigenvalue weighted by molar-refractivity contribution is 6.34. The van der Waals surface area contributed by atoms with Crippen molar-refractivity contribution in [3.63, 3.8) is 0 Å². The van der Waals surface area contributed by atoms with Crippen LogP contribution in [0.3, 0.4) is 0 Å². The zero-order valence-corrected chi connectivity index (χ0v) is 11.3. The van der Waals surface area contributed by atoms with Crippen molar-refractivity contribution in [2.45, 2.75) is 6.92 Å². The number of benzene rings is 1. The van der Waals surface area contributed by atoms with Gasteiger partial charge in [-0.3, -0.25) is 5.43 Å². The molecule has 2 aromatic rings. The molecule has 0 amide bonds. The summed E-state index contributed by atoms with van der Waals surface area (Å²) in [5.74, 6) is 5.35. The summed E-state index contributed by atoms with van der Waals surface area (Å²) in [6.45, 7) is 1.63. The first-order valence-electron chi connectivity index (χ1n) is 5.23. The van der Waals surface area contributed by atoms with Crippen molar-refractivity contribution < 1.29 is 4.39 Å². The molecule has 0 spiro atoms. The molecule has 19 heavy (non-hydrogen) atoms. The number of nitrogens with one attached hydrogen (secondary N) is 2. The molecule has 1 aromatic carbocycles. The van der Waals surface area contributed by atoms with E-state index >= 15 is 0 Å². The number of aryl methyl sites for hydroxylation is 1. The summed E-state index contributed by atoms with van der Waals surface area (Å²) in [5, 5.41) is 3.42. The molecule has 100 valence electrons. The molecular formula is C11H10Cl2FN5. The quantitative estimate of drug-likeness (QED) is 0.599. The molecule has 0 bridgehead atoms. The SMILES string of the molecule is Cc1cc(Nc2nc(NN)ncc2Cl)c(Cl)cc1F. The van der Waals surface area contributed by atoms with Gasteiger partial charge in [0.1, 0.15) is 10.8 Å². The van der Waals surface area contributed by atoms with Gasteiger partial charge in [0.15, 0.2) is 5.82 Å². The van der Waals surface area contributed by atoms with E-state index in [0.29, 0.717) is 17.1 Å². The van der Waals surface area contributed by atoms with Gasteiger partial charge in [-0.2, -0.15) is 4.98 Å². The number of nitrogens with two attached hydrogens (primary N) is 1. The second-order valence-corrected chi connectivity index (χ2v) is 4.56. The Morgan fingerprint density at radius 1 is 1.26 bits per heavy atom. The van der Waals surface area contributed by atoms with Crippen LogP contribution in [-0.4, -0.2) is 9.97 Å². The van der Waals surface area contributed by atoms with E-state index in [-0.39, 0.29) is 21.8 Å². The van der Waals surface area contributed by atoms with Crippen LogP contribution in [0.2, 0.25) is 10.0 Å². The molecule has 4 N–H and O–H groups in total. The van der Waals surface area contributed by atoms with E-state index < -0.39 is 0 Å². The molecule has 0 unspecified atom stereocenters. The Labute approximate surface area is 118 Å². The molecule has 0 aliphatic carbocycles. The molecule has 5 nitrogen and oxygen atoms in total. The summed E-state index contributed by atoms with van der Waals surface area (Å²) in [6.07, 6.45) is 1.39. The van der Waals surface area contributed by atoms with Crippen LogP contribution in [0, 0.1) is 12.7 Å². The van der Waals surface area contributed by atoms with Crippen molar-refractivity contribution in [1.29, 1.82) is 0 Å². The van der Waals surface area contributed by atoms with Gasteiger partial charge in [0.05, 0.1) is 16.9 Å². The number of halogens is 3. The maximum atomic E-state index is 13.3. The highest BCUT2D eigenvalue weighted by Gasteiger charge is 2.10. The number of anilines is 3. The van der Waals surface area contributed by atoms with E-state index in [1.165, 1.54) is 12.3 Å². The van der Waals surface area contributed by atoms with Crippen molar-refractivity contribution in [3.05, 3.63) is 39.8 Å². The van der Waals surface area contributed by atoms with Crippen LogP contribution in [0.1, 0.15) is 5.56 Å². The largest absolute Gasteiger partial charge is 0.338 e. The zero-order chi connectivity index (χ0) is 14.0. The number of nitrogen functional groups attached to an aromatic ring is 1. The number of hydrazine groups is 1. The number of nitrogens with zero attached hydrogens (tertiary/aromatic N) is 2. The van der Waals surface area contributed by atoms with Crippen molar-refractivity contribution in [3.8, 4) is 0 Å². The fourth-order valence-corrected chi connectivity index (χ4v) is 1.74. The van der Waals surface area contributed by atoms with Crippen molar-refractivity contribution in [2.24, 2.45) is 5.84 Å². The van der Waals surface area contributed by atoms with E-state index in [0.717, 1.165) is 0 Å². The summed E-state index contributed by atoms with van der Waals surface area (Å²) in [7, 11) is 0. The first kappa shape index (κ1) is 13.8. The minimum Gasteiger partial charge on any atom is -0.338 e. The average molecular weight is 302 g/mol. The van der Waals surface area contributed by atoms with E-state index in [4.69, 9.17) is 29.0 Å². The van der Waals surface area contributed by atoms with E-state index in [1.54, 1.807) is 13.0 Å². The summed E-state index contributed by atoms with van der Waals surface area (Å²) >= 11 is 11.9. The topological polar surface area (TPSA) is 75.9 Å². The molecule has 0 saturated carbocycles. The van der Waals surface area contributed by atoms with Gasteiger partial charge in [0.25, 0.3) is 0 Å². The van der Waals surface area contributed by atoms with E-state index in [1.807, 2.05) is 0 Å². The second-order valence-electron chi connectivity index (χ2n) is 3.74. The van der Waals surface area contributed by atoms with Crippen LogP contribution in [0.4, 0.5) is 21.8 Å². The first-order chi connectivity index (χ1) is 9.01. The molecule has 0 aliphatic heterocycles. The van der Waals surface area contributed by atoms with Crippen molar-refractivity contribution in [2.75, 3.05) is 10.7 Å².